The Kier molecular flexibility index (Phi) is 5.01. The number of hydrogen-bond acceptors (Lipinski definition) is 4. The molecule has 6 nitrogen and oxygen atoms in total. The highest BCUT2D eigenvalue weighted by atomic mass is 16.5. The van der Waals surface area contributed by atoms with E-state index in [0.29, 0.717) is 25.4 Å². The first-order valence-electron chi connectivity index (χ1n) is 7.08. The van der Waals surface area contributed by atoms with E-state index < -0.39 is 0 Å². The molecule has 0 spiro atoms. The van der Waals surface area contributed by atoms with Crippen LogP contribution in [-0.4, -0.2) is 47.1 Å². The lowest BCUT2D eigenvalue weighted by Crippen LogP contribution is -2.38. The number of rotatable bonds is 6. The predicted molar refractivity (Wildman–Crippen MR) is 71.0 cm³/mol. The summed E-state index contributed by atoms with van der Waals surface area (Å²) in [6.45, 7) is 1.30. The van der Waals surface area contributed by atoms with E-state index in [1.54, 1.807) is 0 Å². The van der Waals surface area contributed by atoms with Crippen molar-refractivity contribution >= 4 is 11.7 Å². The Balaban J connectivity index is 1.81. The highest BCUT2D eigenvalue weighted by molar-refractivity contribution is 5.81. The van der Waals surface area contributed by atoms with E-state index >= 15 is 0 Å². The minimum Gasteiger partial charge on any atom is -0.409 e. The van der Waals surface area contributed by atoms with Gasteiger partial charge in [-0.3, -0.25) is 4.79 Å². The third-order valence-electron chi connectivity index (χ3n) is 3.72. The summed E-state index contributed by atoms with van der Waals surface area (Å²) in [5.74, 6) is 0.313. The van der Waals surface area contributed by atoms with E-state index in [0.717, 1.165) is 38.7 Å². The second-order valence-electron chi connectivity index (χ2n) is 5.35. The first kappa shape index (κ1) is 14.1. The summed E-state index contributed by atoms with van der Waals surface area (Å²) in [4.78, 5) is 14.2. The van der Waals surface area contributed by atoms with Gasteiger partial charge in [0.25, 0.3) is 0 Å². The molecule has 1 heterocycles. The quantitative estimate of drug-likeness (QED) is 0.327. The van der Waals surface area contributed by atoms with Crippen LogP contribution in [0.1, 0.15) is 44.9 Å². The maximum Gasteiger partial charge on any atom is 0.225 e. The van der Waals surface area contributed by atoms with Crippen LogP contribution in [0.4, 0.5) is 0 Å². The molecule has 0 radical (unpaired) electrons. The van der Waals surface area contributed by atoms with Gasteiger partial charge < -0.3 is 20.6 Å². The molecule has 1 amide bonds. The average Bonchev–Trinajstić information content (AvgIpc) is 3.24. The molecule has 19 heavy (non-hydrogen) atoms. The molecule has 3 N–H and O–H groups in total. The Labute approximate surface area is 113 Å². The number of ether oxygens (including phenoxy) is 1. The third-order valence-corrected chi connectivity index (χ3v) is 3.72. The number of nitrogens with zero attached hydrogens (tertiary/aromatic N) is 2. The lowest BCUT2D eigenvalue weighted by atomic mass is 10.1. The molecule has 0 bridgehead atoms. The molecule has 1 saturated heterocycles. The van der Waals surface area contributed by atoms with Crippen LogP contribution in [0.25, 0.3) is 0 Å². The normalized spacial score (nSPS) is 24.2. The van der Waals surface area contributed by atoms with Crippen molar-refractivity contribution in [2.45, 2.75) is 57.1 Å². The van der Waals surface area contributed by atoms with Gasteiger partial charge in [-0.15, -0.1) is 0 Å². The van der Waals surface area contributed by atoms with Gasteiger partial charge in [0.2, 0.25) is 5.91 Å². The molecular formula is C13H23N3O3. The summed E-state index contributed by atoms with van der Waals surface area (Å²) in [5, 5.41) is 11.5. The minimum absolute atomic E-state index is 0.0753. The first-order chi connectivity index (χ1) is 9.20. The molecule has 0 aromatic rings. The summed E-state index contributed by atoms with van der Waals surface area (Å²) in [6, 6.07) is 0.350. The van der Waals surface area contributed by atoms with Gasteiger partial charge in [-0.05, 0) is 32.1 Å². The van der Waals surface area contributed by atoms with Gasteiger partial charge in [0.1, 0.15) is 5.84 Å². The van der Waals surface area contributed by atoms with E-state index in [1.807, 2.05) is 4.90 Å². The smallest absolute Gasteiger partial charge is 0.225 e. The molecule has 0 aromatic heterocycles. The fourth-order valence-corrected chi connectivity index (χ4v) is 2.46. The zero-order valence-electron chi connectivity index (χ0n) is 11.3. The lowest BCUT2D eigenvalue weighted by Gasteiger charge is -2.27. The number of nitrogens with two attached hydrogens (primary N) is 1. The fraction of sp³-hybridized carbons (Fsp3) is 0.846. The van der Waals surface area contributed by atoms with Crippen molar-refractivity contribution in [2.75, 3.05) is 13.2 Å². The van der Waals surface area contributed by atoms with Gasteiger partial charge >= 0.3 is 0 Å². The SMILES string of the molecule is NC(CCN(C(=O)CC1CCCCO1)C1CC1)=NO. The molecule has 2 aliphatic rings. The first-order valence-corrected chi connectivity index (χ1v) is 7.08. The molecule has 6 heteroatoms. The standard InChI is InChI=1S/C13H23N3O3/c14-12(15-18)6-7-16(10-4-5-10)13(17)9-11-3-1-2-8-19-11/h10-11,18H,1-9H2,(H2,14,15). The lowest BCUT2D eigenvalue weighted by molar-refractivity contribution is -0.135. The van der Waals surface area contributed by atoms with Gasteiger partial charge in [-0.2, -0.15) is 0 Å². The number of hydrogen-bond donors (Lipinski definition) is 2. The highest BCUT2D eigenvalue weighted by Gasteiger charge is 2.33. The Bertz CT molecular complexity index is 336. The highest BCUT2D eigenvalue weighted by Crippen LogP contribution is 2.28. The Morgan fingerprint density at radius 2 is 2.16 bits per heavy atom. The molecule has 1 saturated carbocycles. The van der Waals surface area contributed by atoms with Gasteiger partial charge in [0.05, 0.1) is 12.5 Å². The summed E-state index contributed by atoms with van der Waals surface area (Å²) < 4.78 is 5.61. The van der Waals surface area contributed by atoms with Gasteiger partial charge in [-0.1, -0.05) is 5.16 Å². The van der Waals surface area contributed by atoms with E-state index in [-0.39, 0.29) is 17.8 Å². The number of carbonyl (C=O) groups is 1. The predicted octanol–water partition coefficient (Wildman–Crippen LogP) is 1.07. The number of oxime groups is 1. The molecule has 1 aliphatic carbocycles. The van der Waals surface area contributed by atoms with Crippen molar-refractivity contribution in [2.24, 2.45) is 10.9 Å². The molecule has 0 aromatic carbocycles. The van der Waals surface area contributed by atoms with Crippen LogP contribution in [0.3, 0.4) is 0 Å². The molecule has 2 fully saturated rings. The fourth-order valence-electron chi connectivity index (χ4n) is 2.46. The molecule has 1 unspecified atom stereocenters. The van der Waals surface area contributed by atoms with Crippen molar-refractivity contribution in [3.05, 3.63) is 0 Å². The average molecular weight is 269 g/mol. The number of carbonyl (C=O) groups excluding carboxylic acids is 1. The van der Waals surface area contributed by atoms with Crippen LogP contribution in [0.2, 0.25) is 0 Å². The van der Waals surface area contributed by atoms with E-state index in [1.165, 1.54) is 0 Å². The topological polar surface area (TPSA) is 88.2 Å². The third kappa shape index (κ3) is 4.38. The van der Waals surface area contributed by atoms with Crippen molar-refractivity contribution < 1.29 is 14.7 Å². The summed E-state index contributed by atoms with van der Waals surface area (Å²) in [7, 11) is 0. The maximum atomic E-state index is 12.3. The van der Waals surface area contributed by atoms with Gasteiger partial charge in [-0.25, -0.2) is 0 Å². The number of amides is 1. The van der Waals surface area contributed by atoms with E-state index in [2.05, 4.69) is 5.16 Å². The van der Waals surface area contributed by atoms with Crippen molar-refractivity contribution in [1.82, 2.24) is 4.90 Å². The van der Waals surface area contributed by atoms with Crippen LogP contribution >= 0.6 is 0 Å². The Hall–Kier alpha value is -1.30. The van der Waals surface area contributed by atoms with E-state index in [4.69, 9.17) is 15.7 Å². The summed E-state index contributed by atoms with van der Waals surface area (Å²) >= 11 is 0. The zero-order chi connectivity index (χ0) is 13.7. The summed E-state index contributed by atoms with van der Waals surface area (Å²) in [6.07, 6.45) is 6.31. The maximum absolute atomic E-state index is 12.3. The van der Waals surface area contributed by atoms with Gasteiger partial charge in [0, 0.05) is 25.6 Å². The second kappa shape index (κ2) is 6.75. The Morgan fingerprint density at radius 1 is 1.37 bits per heavy atom. The largest absolute Gasteiger partial charge is 0.409 e. The van der Waals surface area contributed by atoms with Crippen LogP contribution in [-0.2, 0) is 9.53 Å². The number of amidine groups is 1. The van der Waals surface area contributed by atoms with Crippen LogP contribution < -0.4 is 5.73 Å². The Morgan fingerprint density at radius 3 is 2.74 bits per heavy atom. The molecule has 1 atom stereocenters. The zero-order valence-corrected chi connectivity index (χ0v) is 11.3. The van der Waals surface area contributed by atoms with Crippen LogP contribution in [0.15, 0.2) is 5.16 Å². The van der Waals surface area contributed by atoms with Gasteiger partial charge in [0.15, 0.2) is 0 Å². The van der Waals surface area contributed by atoms with E-state index in [9.17, 15) is 4.79 Å². The molecule has 108 valence electrons. The van der Waals surface area contributed by atoms with Crippen molar-refractivity contribution in [3.8, 4) is 0 Å². The van der Waals surface area contributed by atoms with Crippen molar-refractivity contribution in [1.29, 1.82) is 0 Å². The molecule has 1 aliphatic heterocycles. The van der Waals surface area contributed by atoms with Crippen LogP contribution in [0.5, 0.6) is 0 Å². The monoisotopic (exact) mass is 269 g/mol. The second-order valence-corrected chi connectivity index (χ2v) is 5.35. The molecular weight excluding hydrogens is 246 g/mol. The molecule has 2 rings (SSSR count). The minimum atomic E-state index is 0.0753. The summed E-state index contributed by atoms with van der Waals surface area (Å²) in [5.41, 5.74) is 5.46. The van der Waals surface area contributed by atoms with Crippen molar-refractivity contribution in [3.63, 3.8) is 0 Å². The van der Waals surface area contributed by atoms with Crippen LogP contribution in [0, 0.1) is 0 Å².